The van der Waals surface area contributed by atoms with Crippen LogP contribution < -0.4 is 5.32 Å². The average Bonchev–Trinajstić information content (AvgIpc) is 3.18. The predicted molar refractivity (Wildman–Crippen MR) is 98.3 cm³/mol. The van der Waals surface area contributed by atoms with Crippen LogP contribution in [0.4, 0.5) is 5.95 Å². The van der Waals surface area contributed by atoms with Crippen LogP contribution in [0.3, 0.4) is 0 Å². The van der Waals surface area contributed by atoms with E-state index in [0.29, 0.717) is 18.1 Å². The predicted octanol–water partition coefficient (Wildman–Crippen LogP) is 3.21. The zero-order chi connectivity index (χ0) is 17.8. The van der Waals surface area contributed by atoms with E-state index >= 15 is 0 Å². The van der Waals surface area contributed by atoms with Gasteiger partial charge in [0.2, 0.25) is 11.9 Å². The number of amides is 1. The maximum atomic E-state index is 12.3. The second-order valence-corrected chi connectivity index (χ2v) is 7.02. The van der Waals surface area contributed by atoms with Gasteiger partial charge in [0.1, 0.15) is 6.33 Å². The van der Waals surface area contributed by atoms with Crippen LogP contribution >= 0.6 is 27.5 Å². The fourth-order valence-electron chi connectivity index (χ4n) is 2.24. The molecular weight excluding hydrogens is 408 g/mol. The van der Waals surface area contributed by atoms with Crippen molar-refractivity contribution in [2.75, 3.05) is 5.32 Å². The van der Waals surface area contributed by atoms with Gasteiger partial charge in [-0.25, -0.2) is 9.67 Å². The van der Waals surface area contributed by atoms with E-state index < -0.39 is 0 Å². The molecule has 25 heavy (non-hydrogen) atoms. The zero-order valence-corrected chi connectivity index (χ0v) is 15.8. The van der Waals surface area contributed by atoms with E-state index in [-0.39, 0.29) is 17.8 Å². The molecule has 2 heterocycles. The molecule has 1 amide bonds. The number of halogens is 2. The molecule has 0 radical (unpaired) electrons. The van der Waals surface area contributed by atoms with Gasteiger partial charge in [-0.3, -0.25) is 14.8 Å². The van der Waals surface area contributed by atoms with Crippen molar-refractivity contribution in [2.45, 2.75) is 20.0 Å². The van der Waals surface area contributed by atoms with Crippen LogP contribution in [-0.2, 0) is 17.9 Å². The van der Waals surface area contributed by atoms with Crippen LogP contribution in [0.5, 0.6) is 0 Å². The Balaban J connectivity index is 1.56. The summed E-state index contributed by atoms with van der Waals surface area (Å²) in [6.45, 7) is 2.86. The Bertz CT molecular complexity index is 860. The van der Waals surface area contributed by atoms with Crippen molar-refractivity contribution in [3.63, 3.8) is 0 Å². The van der Waals surface area contributed by atoms with Gasteiger partial charge in [-0.2, -0.15) is 5.10 Å². The highest BCUT2D eigenvalue weighted by Gasteiger charge is 2.16. The van der Waals surface area contributed by atoms with Gasteiger partial charge in [-0.05, 0) is 33.6 Å². The molecule has 9 heteroatoms. The summed E-state index contributed by atoms with van der Waals surface area (Å²) in [5.41, 5.74) is 1.05. The van der Waals surface area contributed by atoms with Crippen molar-refractivity contribution in [1.82, 2.24) is 24.5 Å². The van der Waals surface area contributed by atoms with Gasteiger partial charge in [-0.15, -0.1) is 5.10 Å². The maximum absolute atomic E-state index is 12.3. The number of hydrogen-bond donors (Lipinski definition) is 1. The van der Waals surface area contributed by atoms with Crippen molar-refractivity contribution < 1.29 is 4.79 Å². The Morgan fingerprint density at radius 3 is 2.76 bits per heavy atom. The quantitative estimate of drug-likeness (QED) is 0.660. The van der Waals surface area contributed by atoms with Gasteiger partial charge in [0, 0.05) is 11.2 Å². The molecule has 0 aliphatic heterocycles. The van der Waals surface area contributed by atoms with E-state index in [1.807, 2.05) is 37.4 Å². The number of anilines is 1. The Morgan fingerprint density at radius 1 is 1.32 bits per heavy atom. The van der Waals surface area contributed by atoms with E-state index in [1.165, 1.54) is 0 Å². The molecule has 1 aromatic carbocycles. The lowest BCUT2D eigenvalue weighted by Crippen LogP contribution is -2.25. The number of carbonyl (C=O) groups is 1. The van der Waals surface area contributed by atoms with E-state index in [4.69, 9.17) is 11.6 Å². The summed E-state index contributed by atoms with van der Waals surface area (Å²) in [5.74, 6) is -0.140. The normalized spacial score (nSPS) is 12.1. The van der Waals surface area contributed by atoms with E-state index in [0.717, 1.165) is 10.0 Å². The first-order chi connectivity index (χ1) is 12.0. The standard InChI is InChI=1S/C16H16BrClN6O/c1-11(7-23-9-13(17)6-20-23)15(25)21-16-19-10-24(22-16)8-12-2-4-14(18)5-3-12/h2-6,9-11H,7-8H2,1H3,(H,21,22,25). The molecule has 0 fully saturated rings. The summed E-state index contributed by atoms with van der Waals surface area (Å²) in [5, 5.41) is 11.8. The second-order valence-electron chi connectivity index (χ2n) is 5.66. The molecule has 0 aliphatic rings. The minimum absolute atomic E-state index is 0.157. The largest absolute Gasteiger partial charge is 0.293 e. The van der Waals surface area contributed by atoms with Crippen molar-refractivity contribution in [3.05, 3.63) is 58.0 Å². The molecule has 3 aromatic rings. The topological polar surface area (TPSA) is 77.6 Å². The molecule has 0 bridgehead atoms. The summed E-state index contributed by atoms with van der Waals surface area (Å²) in [4.78, 5) is 16.4. The lowest BCUT2D eigenvalue weighted by molar-refractivity contribution is -0.119. The Labute approximate surface area is 158 Å². The fourth-order valence-corrected chi connectivity index (χ4v) is 2.69. The molecule has 2 aromatic heterocycles. The zero-order valence-electron chi connectivity index (χ0n) is 13.4. The van der Waals surface area contributed by atoms with E-state index in [2.05, 4.69) is 36.4 Å². The lowest BCUT2D eigenvalue weighted by atomic mass is 10.1. The Kier molecular flexibility index (Phi) is 5.50. The molecule has 1 N–H and O–H groups in total. The molecule has 0 aliphatic carbocycles. The number of carbonyl (C=O) groups excluding carboxylic acids is 1. The van der Waals surface area contributed by atoms with Crippen LogP contribution in [0.1, 0.15) is 12.5 Å². The second kappa shape index (κ2) is 7.79. The molecule has 1 atom stereocenters. The van der Waals surface area contributed by atoms with Crippen molar-refractivity contribution in [3.8, 4) is 0 Å². The van der Waals surface area contributed by atoms with Crippen molar-refractivity contribution >= 4 is 39.4 Å². The molecule has 0 saturated heterocycles. The Hall–Kier alpha value is -2.19. The minimum Gasteiger partial charge on any atom is -0.293 e. The highest BCUT2D eigenvalue weighted by Crippen LogP contribution is 2.12. The van der Waals surface area contributed by atoms with Crippen LogP contribution in [0.15, 0.2) is 47.5 Å². The number of benzene rings is 1. The summed E-state index contributed by atoms with van der Waals surface area (Å²) < 4.78 is 4.25. The first-order valence-electron chi connectivity index (χ1n) is 7.62. The van der Waals surface area contributed by atoms with Crippen LogP contribution in [0, 0.1) is 5.92 Å². The van der Waals surface area contributed by atoms with Gasteiger partial charge >= 0.3 is 0 Å². The van der Waals surface area contributed by atoms with Crippen molar-refractivity contribution in [1.29, 1.82) is 0 Å². The number of nitrogens with one attached hydrogen (secondary N) is 1. The maximum Gasteiger partial charge on any atom is 0.248 e. The van der Waals surface area contributed by atoms with Crippen LogP contribution in [0.2, 0.25) is 5.02 Å². The van der Waals surface area contributed by atoms with E-state index in [9.17, 15) is 4.79 Å². The summed E-state index contributed by atoms with van der Waals surface area (Å²) in [7, 11) is 0. The van der Waals surface area contributed by atoms with Gasteiger partial charge in [0.15, 0.2) is 0 Å². The molecule has 1 unspecified atom stereocenters. The monoisotopic (exact) mass is 422 g/mol. The first-order valence-corrected chi connectivity index (χ1v) is 8.79. The van der Waals surface area contributed by atoms with Gasteiger partial charge < -0.3 is 0 Å². The highest BCUT2D eigenvalue weighted by molar-refractivity contribution is 9.10. The van der Waals surface area contributed by atoms with Crippen LogP contribution in [-0.4, -0.2) is 30.5 Å². The smallest absolute Gasteiger partial charge is 0.248 e. The van der Waals surface area contributed by atoms with Crippen LogP contribution in [0.25, 0.3) is 0 Å². The van der Waals surface area contributed by atoms with Gasteiger partial charge in [0.05, 0.1) is 29.7 Å². The molecule has 3 rings (SSSR count). The highest BCUT2D eigenvalue weighted by atomic mass is 79.9. The third-order valence-corrected chi connectivity index (χ3v) is 4.20. The third kappa shape index (κ3) is 4.90. The summed E-state index contributed by atoms with van der Waals surface area (Å²) >= 11 is 9.21. The number of aromatic nitrogens is 5. The fraction of sp³-hybridized carbons (Fsp3) is 0.250. The SMILES string of the molecule is CC(Cn1cc(Br)cn1)C(=O)Nc1ncn(Cc2ccc(Cl)cc2)n1. The first kappa shape index (κ1) is 17.6. The molecule has 0 spiro atoms. The number of hydrogen-bond acceptors (Lipinski definition) is 4. The Morgan fingerprint density at radius 2 is 2.08 bits per heavy atom. The third-order valence-electron chi connectivity index (χ3n) is 3.54. The number of nitrogens with zero attached hydrogens (tertiary/aromatic N) is 5. The summed E-state index contributed by atoms with van der Waals surface area (Å²) in [6.07, 6.45) is 5.09. The minimum atomic E-state index is -0.269. The molecular formula is C16H16BrClN6O. The number of rotatable bonds is 6. The molecule has 130 valence electrons. The molecule has 7 nitrogen and oxygen atoms in total. The van der Waals surface area contributed by atoms with Crippen molar-refractivity contribution in [2.24, 2.45) is 5.92 Å². The average molecular weight is 424 g/mol. The van der Waals surface area contributed by atoms with Gasteiger partial charge in [-0.1, -0.05) is 30.7 Å². The summed E-state index contributed by atoms with van der Waals surface area (Å²) in [6, 6.07) is 7.50. The van der Waals surface area contributed by atoms with E-state index in [1.54, 1.807) is 21.9 Å². The molecule has 0 saturated carbocycles. The lowest BCUT2D eigenvalue weighted by Gasteiger charge is -2.10. The van der Waals surface area contributed by atoms with Gasteiger partial charge in [0.25, 0.3) is 0 Å².